The van der Waals surface area contributed by atoms with Crippen LogP contribution in [0.1, 0.15) is 58.3 Å². The second-order valence-corrected chi connectivity index (χ2v) is 5.99. The van der Waals surface area contributed by atoms with Crippen LogP contribution in [0, 0.1) is 0 Å². The van der Waals surface area contributed by atoms with Gasteiger partial charge in [0.2, 0.25) is 0 Å². The molecule has 0 spiro atoms. The van der Waals surface area contributed by atoms with Gasteiger partial charge in [0.25, 0.3) is 0 Å². The van der Waals surface area contributed by atoms with Crippen LogP contribution in [0.15, 0.2) is 12.3 Å². The smallest absolute Gasteiger partial charge is 0.154 e. The summed E-state index contributed by atoms with van der Waals surface area (Å²) in [6.07, 6.45) is 9.98. The van der Waals surface area contributed by atoms with Crippen LogP contribution >= 0.6 is 0 Å². The zero-order valence-corrected chi connectivity index (χ0v) is 13.7. The van der Waals surface area contributed by atoms with E-state index >= 15 is 0 Å². The Morgan fingerprint density at radius 3 is 2.45 bits per heavy atom. The van der Waals surface area contributed by atoms with Crippen molar-refractivity contribution in [3.05, 3.63) is 12.3 Å². The predicted octanol–water partition coefficient (Wildman–Crippen LogP) is 2.14. The van der Waals surface area contributed by atoms with Crippen molar-refractivity contribution in [1.82, 2.24) is 0 Å². The summed E-state index contributed by atoms with van der Waals surface area (Å²) in [6.45, 7) is 2.01. The molecule has 1 heterocycles. The molecule has 0 unspecified atom stereocenters. The van der Waals surface area contributed by atoms with Crippen molar-refractivity contribution in [2.45, 2.75) is 82.7 Å². The Balaban J connectivity index is 2.13. The quantitative estimate of drug-likeness (QED) is 0.402. The normalized spacial score (nSPS) is 29.1. The highest BCUT2D eigenvalue weighted by Crippen LogP contribution is 2.19. The summed E-state index contributed by atoms with van der Waals surface area (Å²) in [4.78, 5) is 0. The van der Waals surface area contributed by atoms with E-state index in [2.05, 4.69) is 6.92 Å². The minimum Gasteiger partial charge on any atom is -0.493 e. The molecule has 22 heavy (non-hydrogen) atoms. The summed E-state index contributed by atoms with van der Waals surface area (Å²) in [6, 6.07) is 0. The predicted molar refractivity (Wildman–Crippen MR) is 85.5 cm³/mol. The van der Waals surface area contributed by atoms with Crippen LogP contribution in [0.5, 0.6) is 0 Å². The molecule has 1 aliphatic heterocycles. The molecular formula is C17H32O5. The Kier molecular flexibility index (Phi) is 10.5. The minimum atomic E-state index is -1.03. The van der Waals surface area contributed by atoms with Crippen molar-refractivity contribution in [3.8, 4) is 0 Å². The van der Waals surface area contributed by atoms with E-state index in [1.165, 1.54) is 38.5 Å². The van der Waals surface area contributed by atoms with E-state index in [1.54, 1.807) is 6.26 Å². The topological polar surface area (TPSA) is 79.2 Å². The van der Waals surface area contributed by atoms with Gasteiger partial charge in [-0.05, 0) is 18.9 Å². The Morgan fingerprint density at radius 1 is 1.09 bits per heavy atom. The maximum Gasteiger partial charge on any atom is 0.154 e. The Hall–Kier alpha value is -0.620. The van der Waals surface area contributed by atoms with Crippen LogP contribution < -0.4 is 0 Å². The fourth-order valence-corrected chi connectivity index (χ4v) is 2.61. The SMILES string of the molecule is CCCCCCCCC/C=C/O[C@H]1[C@H](O)[C@@H](O)CO[C@@H]1CO. The maximum atomic E-state index is 9.88. The fraction of sp³-hybridized carbons (Fsp3) is 0.882. The van der Waals surface area contributed by atoms with Gasteiger partial charge in [0.1, 0.15) is 18.3 Å². The summed E-state index contributed by atoms with van der Waals surface area (Å²) in [5, 5.41) is 28.6. The molecule has 1 saturated heterocycles. The van der Waals surface area contributed by atoms with Crippen LogP contribution in [0.2, 0.25) is 0 Å². The summed E-state index contributed by atoms with van der Waals surface area (Å²) in [5.41, 5.74) is 0. The van der Waals surface area contributed by atoms with E-state index < -0.39 is 24.4 Å². The monoisotopic (exact) mass is 316 g/mol. The summed E-state index contributed by atoms with van der Waals surface area (Å²) in [7, 11) is 0. The second-order valence-electron chi connectivity index (χ2n) is 5.99. The van der Waals surface area contributed by atoms with Crippen LogP contribution in [0.3, 0.4) is 0 Å². The van der Waals surface area contributed by atoms with Crippen molar-refractivity contribution >= 4 is 0 Å². The molecule has 1 rings (SSSR count). The molecule has 0 aromatic carbocycles. The summed E-state index contributed by atoms with van der Waals surface area (Å²) in [5.74, 6) is 0. The highest BCUT2D eigenvalue weighted by Gasteiger charge is 2.39. The van der Waals surface area contributed by atoms with Gasteiger partial charge in [0, 0.05) is 0 Å². The number of aliphatic hydroxyl groups excluding tert-OH is 3. The van der Waals surface area contributed by atoms with Crippen LogP contribution in [-0.4, -0.2) is 52.9 Å². The number of aliphatic hydroxyl groups is 3. The Labute approximate surface area is 133 Å². The molecule has 3 N–H and O–H groups in total. The van der Waals surface area contributed by atoms with Gasteiger partial charge in [-0.25, -0.2) is 0 Å². The first-order chi connectivity index (χ1) is 10.7. The van der Waals surface area contributed by atoms with E-state index in [9.17, 15) is 15.3 Å². The molecule has 4 atom stereocenters. The fourth-order valence-electron chi connectivity index (χ4n) is 2.61. The van der Waals surface area contributed by atoms with Crippen molar-refractivity contribution in [3.63, 3.8) is 0 Å². The van der Waals surface area contributed by atoms with Gasteiger partial charge < -0.3 is 24.8 Å². The number of allylic oxidation sites excluding steroid dienone is 1. The first-order valence-electron chi connectivity index (χ1n) is 8.59. The lowest BCUT2D eigenvalue weighted by Crippen LogP contribution is -2.54. The molecule has 0 bridgehead atoms. The highest BCUT2D eigenvalue weighted by atomic mass is 16.6. The maximum absolute atomic E-state index is 9.88. The standard InChI is InChI=1S/C17H32O5/c1-2-3-4-5-6-7-8-9-10-11-21-17-15(12-18)22-13-14(19)16(17)20/h10-11,14-20H,2-9,12-13H2,1H3/b11-10+/t14-,15+,16+,17+/m0/s1. The molecular weight excluding hydrogens is 284 g/mol. The average molecular weight is 316 g/mol. The number of hydrogen-bond acceptors (Lipinski definition) is 5. The van der Waals surface area contributed by atoms with E-state index in [-0.39, 0.29) is 13.2 Å². The Morgan fingerprint density at radius 2 is 1.77 bits per heavy atom. The van der Waals surface area contributed by atoms with Gasteiger partial charge >= 0.3 is 0 Å². The molecule has 0 aromatic rings. The van der Waals surface area contributed by atoms with Crippen molar-refractivity contribution in [1.29, 1.82) is 0 Å². The lowest BCUT2D eigenvalue weighted by atomic mass is 10.0. The third-order valence-electron chi connectivity index (χ3n) is 4.06. The highest BCUT2D eigenvalue weighted by molar-refractivity contribution is 4.89. The van der Waals surface area contributed by atoms with Gasteiger partial charge in [-0.15, -0.1) is 0 Å². The molecule has 0 radical (unpaired) electrons. The van der Waals surface area contributed by atoms with Crippen LogP contribution in [-0.2, 0) is 9.47 Å². The summed E-state index contributed by atoms with van der Waals surface area (Å²) < 4.78 is 10.7. The molecule has 5 nitrogen and oxygen atoms in total. The third kappa shape index (κ3) is 7.09. The molecule has 1 fully saturated rings. The van der Waals surface area contributed by atoms with Gasteiger partial charge in [-0.1, -0.05) is 45.4 Å². The molecule has 0 amide bonds. The van der Waals surface area contributed by atoms with Crippen molar-refractivity contribution < 1.29 is 24.8 Å². The van der Waals surface area contributed by atoms with Crippen LogP contribution in [0.4, 0.5) is 0 Å². The van der Waals surface area contributed by atoms with E-state index in [1.807, 2.05) is 6.08 Å². The second kappa shape index (κ2) is 11.9. The Bertz CT molecular complexity index is 293. The van der Waals surface area contributed by atoms with E-state index in [4.69, 9.17) is 9.47 Å². The lowest BCUT2D eigenvalue weighted by Gasteiger charge is -2.36. The largest absolute Gasteiger partial charge is 0.493 e. The first kappa shape index (κ1) is 19.4. The van der Waals surface area contributed by atoms with Gasteiger partial charge in [-0.2, -0.15) is 0 Å². The lowest BCUT2D eigenvalue weighted by molar-refractivity contribution is -0.197. The molecule has 130 valence electrons. The molecule has 1 aliphatic rings. The average Bonchev–Trinajstić information content (AvgIpc) is 2.53. The molecule has 5 heteroatoms. The number of unbranched alkanes of at least 4 members (excludes halogenated alkanes) is 7. The van der Waals surface area contributed by atoms with E-state index in [0.717, 1.165) is 12.8 Å². The van der Waals surface area contributed by atoms with E-state index in [0.29, 0.717) is 0 Å². The molecule has 0 aromatic heterocycles. The molecule has 0 saturated carbocycles. The zero-order chi connectivity index (χ0) is 16.2. The van der Waals surface area contributed by atoms with Crippen molar-refractivity contribution in [2.75, 3.05) is 13.2 Å². The number of hydrogen-bond donors (Lipinski definition) is 3. The zero-order valence-electron chi connectivity index (χ0n) is 13.7. The summed E-state index contributed by atoms with van der Waals surface area (Å²) >= 11 is 0. The van der Waals surface area contributed by atoms with Gasteiger partial charge in [0.05, 0.1) is 19.5 Å². The number of rotatable bonds is 11. The number of ether oxygens (including phenoxy) is 2. The first-order valence-corrected chi connectivity index (χ1v) is 8.59. The van der Waals surface area contributed by atoms with Crippen molar-refractivity contribution in [2.24, 2.45) is 0 Å². The third-order valence-corrected chi connectivity index (χ3v) is 4.06. The molecule has 0 aliphatic carbocycles. The van der Waals surface area contributed by atoms with Gasteiger partial charge in [-0.3, -0.25) is 0 Å². The van der Waals surface area contributed by atoms with Crippen LogP contribution in [0.25, 0.3) is 0 Å². The van der Waals surface area contributed by atoms with Gasteiger partial charge in [0.15, 0.2) is 6.10 Å². The minimum absolute atomic E-state index is 0.0218.